The van der Waals surface area contributed by atoms with Crippen LogP contribution in [0.1, 0.15) is 30.9 Å². The minimum atomic E-state index is -4.86. The highest BCUT2D eigenvalue weighted by Crippen LogP contribution is 2.59. The fraction of sp³-hybridized carbons (Fsp3) is 0.562. The van der Waals surface area contributed by atoms with Gasteiger partial charge in [-0.25, -0.2) is 10.3 Å². The van der Waals surface area contributed by atoms with Crippen LogP contribution in [-0.2, 0) is 24.3 Å². The van der Waals surface area contributed by atoms with Crippen molar-refractivity contribution in [2.75, 3.05) is 13.2 Å². The van der Waals surface area contributed by atoms with E-state index >= 15 is 0 Å². The normalized spacial score (nSPS) is 25.9. The molecule has 0 aromatic carbocycles. The van der Waals surface area contributed by atoms with E-state index < -0.39 is 45.9 Å². The number of nitrogens with one attached hydrogen (secondary N) is 1. The molecule has 3 unspecified atom stereocenters. The van der Waals surface area contributed by atoms with Crippen molar-refractivity contribution in [3.05, 3.63) is 30.1 Å². The Labute approximate surface area is 166 Å². The van der Waals surface area contributed by atoms with Gasteiger partial charge in [0.15, 0.2) is 0 Å². The van der Waals surface area contributed by atoms with Crippen LogP contribution >= 0.6 is 0 Å². The maximum atomic E-state index is 12.6. The number of piperidine rings is 1. The molecule has 3 atom stereocenters. The lowest BCUT2D eigenvalue weighted by Gasteiger charge is -2.35. The molecule has 1 aliphatic carbocycles. The zero-order chi connectivity index (χ0) is 20.8. The quantitative estimate of drug-likeness (QED) is 0.385. The lowest BCUT2D eigenvalue weighted by molar-refractivity contribution is -0.140. The first kappa shape index (κ1) is 20.0. The number of hydrogen-bond donors (Lipinski definition) is 3. The van der Waals surface area contributed by atoms with Crippen LogP contribution in [0.25, 0.3) is 0 Å². The molecule has 158 valence electrons. The minimum absolute atomic E-state index is 0.00383. The number of carbonyl (C=O) groups is 2. The van der Waals surface area contributed by atoms with Gasteiger partial charge in [0.1, 0.15) is 6.04 Å². The van der Waals surface area contributed by atoms with Crippen LogP contribution in [0.4, 0.5) is 4.79 Å². The van der Waals surface area contributed by atoms with Gasteiger partial charge in [0, 0.05) is 18.9 Å². The smallest absolute Gasteiger partial charge is 0.322 e. The number of amides is 3. The Hall–Kier alpha value is -2.32. The van der Waals surface area contributed by atoms with Crippen molar-refractivity contribution >= 4 is 22.3 Å². The number of nitrogens with zero attached hydrogens (tertiary/aromatic N) is 3. The summed E-state index contributed by atoms with van der Waals surface area (Å²) >= 11 is 0. The molecule has 0 radical (unpaired) electrons. The molecule has 1 saturated carbocycles. The number of hydrogen-bond acceptors (Lipinski definition) is 8. The highest BCUT2D eigenvalue weighted by Gasteiger charge is 2.65. The van der Waals surface area contributed by atoms with Crippen molar-refractivity contribution in [1.29, 1.82) is 0 Å². The molecule has 29 heavy (non-hydrogen) atoms. The lowest BCUT2D eigenvalue weighted by Crippen LogP contribution is -2.52. The van der Waals surface area contributed by atoms with Gasteiger partial charge in [-0.15, -0.1) is 4.28 Å². The van der Waals surface area contributed by atoms with Crippen LogP contribution < -0.4 is 11.2 Å². The second-order valence-corrected chi connectivity index (χ2v) is 8.54. The average molecular weight is 427 g/mol. The predicted octanol–water partition coefficient (Wildman–Crippen LogP) is -0.478. The van der Waals surface area contributed by atoms with Crippen LogP contribution in [-0.4, -0.2) is 65.1 Å². The maximum Gasteiger partial charge on any atom is 0.418 e. The summed E-state index contributed by atoms with van der Waals surface area (Å²) in [5.74, 6) is -0.532. The first-order valence-corrected chi connectivity index (χ1v) is 10.4. The van der Waals surface area contributed by atoms with Crippen molar-refractivity contribution in [1.82, 2.24) is 20.4 Å². The molecule has 4 N–H and O–H groups in total. The number of carbonyl (C=O) groups excluding carboxylic acids is 2. The highest BCUT2D eigenvalue weighted by molar-refractivity contribution is 7.80. The van der Waals surface area contributed by atoms with E-state index in [4.69, 9.17) is 15.1 Å². The number of pyridine rings is 1. The summed E-state index contributed by atoms with van der Waals surface area (Å²) < 4.78 is 35.6. The first-order chi connectivity index (χ1) is 13.7. The molecular formula is C16H21N5O7S. The van der Waals surface area contributed by atoms with Crippen LogP contribution in [0.3, 0.4) is 0 Å². The average Bonchev–Trinajstić information content (AvgIpc) is 3.39. The third-order valence-electron chi connectivity index (χ3n) is 5.69. The first-order valence-electron chi connectivity index (χ1n) is 9.04. The molecule has 13 heteroatoms. The monoisotopic (exact) mass is 427 g/mol. The summed E-state index contributed by atoms with van der Waals surface area (Å²) in [4.78, 5) is 35.6. The Kier molecular flexibility index (Phi) is 4.94. The molecule has 1 aromatic rings. The third kappa shape index (κ3) is 3.91. The molecule has 1 aromatic heterocycles. The van der Waals surface area contributed by atoms with Crippen molar-refractivity contribution < 1.29 is 31.7 Å². The number of fused-ring (bicyclic) bond motifs is 3. The minimum Gasteiger partial charge on any atom is -0.322 e. The molecule has 3 fully saturated rings. The molecule has 3 heterocycles. The molecule has 4 rings (SSSR count). The van der Waals surface area contributed by atoms with Gasteiger partial charge in [0.2, 0.25) is 0 Å². The zero-order valence-electron chi connectivity index (χ0n) is 15.3. The van der Waals surface area contributed by atoms with Gasteiger partial charge in [-0.05, 0) is 36.3 Å². The fourth-order valence-corrected chi connectivity index (χ4v) is 4.38. The fourth-order valence-electron chi connectivity index (χ4n) is 4.01. The molecule has 2 aliphatic heterocycles. The van der Waals surface area contributed by atoms with E-state index in [1.807, 2.05) is 0 Å². The van der Waals surface area contributed by atoms with E-state index in [-0.39, 0.29) is 13.2 Å². The second kappa shape index (κ2) is 7.18. The van der Waals surface area contributed by atoms with Crippen LogP contribution in [0.5, 0.6) is 0 Å². The molecule has 12 nitrogen and oxygen atoms in total. The summed E-state index contributed by atoms with van der Waals surface area (Å²) in [6.45, 7) is 0.130. The Morgan fingerprint density at radius 2 is 2.24 bits per heavy atom. The molecule has 3 aliphatic rings. The number of urea groups is 1. The van der Waals surface area contributed by atoms with Gasteiger partial charge in [0.05, 0.1) is 18.7 Å². The lowest BCUT2D eigenvalue weighted by atomic mass is 9.85. The maximum absolute atomic E-state index is 12.6. The SMILES string of the molecule is NC(CONC(=O)C1CC2(CC2)C2CN1C(=O)N2OS(=O)(=O)O)c1cccnc1. The molecule has 3 amide bonds. The standard InChI is InChI=1S/C16H21N5O7S/c17-11(10-2-1-5-18-7-10)9-27-19-14(22)12-6-16(3-4-16)13-8-20(12)15(23)21(13)28-29(24,25)26/h1-2,5,7,11-13H,3-4,6,8-9,17H2,(H,19,22)(H,24,25,26). The van der Waals surface area contributed by atoms with Gasteiger partial charge < -0.3 is 10.6 Å². The van der Waals surface area contributed by atoms with Gasteiger partial charge >= 0.3 is 16.4 Å². The van der Waals surface area contributed by atoms with E-state index in [0.29, 0.717) is 11.5 Å². The number of aromatic nitrogens is 1. The summed E-state index contributed by atoms with van der Waals surface area (Å²) in [6.07, 6.45) is 5.01. The largest absolute Gasteiger partial charge is 0.418 e. The predicted molar refractivity (Wildman–Crippen MR) is 95.7 cm³/mol. The van der Waals surface area contributed by atoms with Crippen molar-refractivity contribution in [2.45, 2.75) is 37.4 Å². The molecule has 1 spiro atoms. The number of rotatable bonds is 7. The highest BCUT2D eigenvalue weighted by atomic mass is 32.3. The Morgan fingerprint density at radius 1 is 1.48 bits per heavy atom. The topological polar surface area (TPSA) is 164 Å². The van der Waals surface area contributed by atoms with Crippen molar-refractivity contribution in [3.8, 4) is 0 Å². The van der Waals surface area contributed by atoms with Gasteiger partial charge in [0.25, 0.3) is 5.91 Å². The van der Waals surface area contributed by atoms with E-state index in [9.17, 15) is 18.0 Å². The third-order valence-corrected chi connectivity index (χ3v) is 6.04. The Balaban J connectivity index is 1.39. The van der Waals surface area contributed by atoms with Crippen LogP contribution in [0, 0.1) is 5.41 Å². The molecular weight excluding hydrogens is 406 g/mol. The van der Waals surface area contributed by atoms with E-state index in [2.05, 4.69) is 14.7 Å². The van der Waals surface area contributed by atoms with E-state index in [1.54, 1.807) is 24.5 Å². The van der Waals surface area contributed by atoms with E-state index in [0.717, 1.165) is 18.4 Å². The zero-order valence-corrected chi connectivity index (χ0v) is 16.1. The summed E-state index contributed by atoms with van der Waals surface area (Å²) in [7, 11) is -4.86. The summed E-state index contributed by atoms with van der Waals surface area (Å²) in [5.41, 5.74) is 8.64. The molecule has 2 saturated heterocycles. The summed E-state index contributed by atoms with van der Waals surface area (Å²) in [5, 5.41) is 0.661. The van der Waals surface area contributed by atoms with Crippen LogP contribution in [0.15, 0.2) is 24.5 Å². The van der Waals surface area contributed by atoms with Gasteiger partial charge in [-0.1, -0.05) is 6.07 Å². The van der Waals surface area contributed by atoms with Gasteiger partial charge in [-0.2, -0.15) is 13.5 Å². The van der Waals surface area contributed by atoms with Crippen molar-refractivity contribution in [3.63, 3.8) is 0 Å². The van der Waals surface area contributed by atoms with E-state index in [1.165, 1.54) is 4.90 Å². The number of hydroxylamine groups is 3. The van der Waals surface area contributed by atoms with Gasteiger partial charge in [-0.3, -0.25) is 19.2 Å². The second-order valence-electron chi connectivity index (χ2n) is 7.53. The Morgan fingerprint density at radius 3 is 2.86 bits per heavy atom. The van der Waals surface area contributed by atoms with Crippen LogP contribution in [0.2, 0.25) is 0 Å². The number of nitrogens with two attached hydrogens (primary N) is 1. The molecule has 2 bridgehead atoms. The Bertz CT molecular complexity index is 907. The summed E-state index contributed by atoms with van der Waals surface area (Å²) in [6, 6.07) is 0.853. The van der Waals surface area contributed by atoms with Crippen molar-refractivity contribution in [2.24, 2.45) is 11.1 Å².